The number of ether oxygens (including phenoxy) is 2. The van der Waals surface area contributed by atoms with Gasteiger partial charge >= 0.3 is 0 Å². The maximum absolute atomic E-state index is 10.0. The fraction of sp³-hybridized carbons (Fsp3) is 0.571. The van der Waals surface area contributed by atoms with Gasteiger partial charge in [0.1, 0.15) is 12.7 Å². The highest BCUT2D eigenvalue weighted by Gasteiger charge is 2.26. The van der Waals surface area contributed by atoms with Crippen LogP contribution in [0.15, 0.2) is 24.3 Å². The lowest BCUT2D eigenvalue weighted by molar-refractivity contribution is -0.00898. The molecule has 0 aliphatic carbocycles. The zero-order valence-electron chi connectivity index (χ0n) is 10.8. The van der Waals surface area contributed by atoms with Gasteiger partial charge in [-0.3, -0.25) is 0 Å². The van der Waals surface area contributed by atoms with Crippen LogP contribution in [0.3, 0.4) is 0 Å². The standard InChI is InChI=1S/C14H21NO3/c1-2-3-8-15-9-11(16)14-10-17-12-6-4-5-7-13(12)18-14/h4-7,11,14-16H,2-3,8-10H2,1H3/t11-,14-/m1/s1. The van der Waals surface area contributed by atoms with E-state index in [9.17, 15) is 5.11 Å². The molecule has 4 nitrogen and oxygen atoms in total. The molecule has 0 unspecified atom stereocenters. The molecular formula is C14H21NO3. The first-order chi connectivity index (χ1) is 8.81. The number of benzene rings is 1. The van der Waals surface area contributed by atoms with Gasteiger partial charge < -0.3 is 19.9 Å². The van der Waals surface area contributed by atoms with Crippen LogP contribution in [-0.2, 0) is 0 Å². The van der Waals surface area contributed by atoms with E-state index >= 15 is 0 Å². The Bertz CT molecular complexity index is 370. The van der Waals surface area contributed by atoms with Crippen molar-refractivity contribution in [2.24, 2.45) is 0 Å². The normalized spacial score (nSPS) is 19.6. The van der Waals surface area contributed by atoms with E-state index < -0.39 is 6.10 Å². The first-order valence-electron chi connectivity index (χ1n) is 6.58. The number of para-hydroxylation sites is 2. The van der Waals surface area contributed by atoms with E-state index in [1.165, 1.54) is 0 Å². The Labute approximate surface area is 108 Å². The topological polar surface area (TPSA) is 50.7 Å². The summed E-state index contributed by atoms with van der Waals surface area (Å²) in [6.07, 6.45) is 1.43. The predicted octanol–water partition coefficient (Wildman–Crippen LogP) is 1.58. The molecule has 1 heterocycles. The van der Waals surface area contributed by atoms with Crippen LogP contribution in [0.2, 0.25) is 0 Å². The Morgan fingerprint density at radius 3 is 2.94 bits per heavy atom. The molecule has 1 aromatic rings. The zero-order valence-corrected chi connectivity index (χ0v) is 10.8. The lowest BCUT2D eigenvalue weighted by atomic mass is 10.2. The second-order valence-corrected chi connectivity index (χ2v) is 4.54. The predicted molar refractivity (Wildman–Crippen MR) is 70.1 cm³/mol. The Balaban J connectivity index is 1.81. The molecule has 0 fully saturated rings. The molecule has 0 saturated carbocycles. The summed E-state index contributed by atoms with van der Waals surface area (Å²) in [5.74, 6) is 1.46. The molecule has 0 amide bonds. The summed E-state index contributed by atoms with van der Waals surface area (Å²) in [5, 5.41) is 13.3. The number of rotatable bonds is 6. The molecule has 0 spiro atoms. The molecule has 2 N–H and O–H groups in total. The molecule has 18 heavy (non-hydrogen) atoms. The van der Waals surface area contributed by atoms with E-state index in [0.717, 1.165) is 25.1 Å². The number of unbranched alkanes of at least 4 members (excludes halogenated alkanes) is 1. The van der Waals surface area contributed by atoms with E-state index in [2.05, 4.69) is 12.2 Å². The SMILES string of the molecule is CCCCNC[C@@H](O)[C@H]1COc2ccccc2O1. The van der Waals surface area contributed by atoms with Crippen molar-refractivity contribution in [2.75, 3.05) is 19.7 Å². The average molecular weight is 251 g/mol. The molecule has 4 heteroatoms. The zero-order chi connectivity index (χ0) is 12.8. The van der Waals surface area contributed by atoms with Crippen molar-refractivity contribution in [1.29, 1.82) is 0 Å². The largest absolute Gasteiger partial charge is 0.486 e. The molecule has 1 aliphatic rings. The second-order valence-electron chi connectivity index (χ2n) is 4.54. The van der Waals surface area contributed by atoms with Gasteiger partial charge in [0, 0.05) is 6.54 Å². The third-order valence-corrected chi connectivity index (χ3v) is 3.02. The summed E-state index contributed by atoms with van der Waals surface area (Å²) in [4.78, 5) is 0. The molecule has 1 aromatic carbocycles. The lowest BCUT2D eigenvalue weighted by Gasteiger charge is -2.29. The maximum Gasteiger partial charge on any atom is 0.161 e. The summed E-state index contributed by atoms with van der Waals surface area (Å²) < 4.78 is 11.3. The molecule has 2 rings (SSSR count). The third-order valence-electron chi connectivity index (χ3n) is 3.02. The minimum absolute atomic E-state index is 0.297. The minimum Gasteiger partial charge on any atom is -0.486 e. The van der Waals surface area contributed by atoms with Crippen molar-refractivity contribution in [3.63, 3.8) is 0 Å². The third kappa shape index (κ3) is 3.37. The molecule has 0 bridgehead atoms. The highest BCUT2D eigenvalue weighted by atomic mass is 16.6. The highest BCUT2D eigenvalue weighted by Crippen LogP contribution is 2.31. The van der Waals surface area contributed by atoms with Crippen LogP contribution >= 0.6 is 0 Å². The van der Waals surface area contributed by atoms with Crippen molar-refractivity contribution in [2.45, 2.75) is 32.0 Å². The summed E-state index contributed by atoms with van der Waals surface area (Å²) in [5.41, 5.74) is 0. The summed E-state index contributed by atoms with van der Waals surface area (Å²) in [6, 6.07) is 7.54. The average Bonchev–Trinajstić information content (AvgIpc) is 2.43. The first kappa shape index (κ1) is 13.2. The van der Waals surface area contributed by atoms with E-state index in [1.54, 1.807) is 0 Å². The van der Waals surface area contributed by atoms with E-state index in [0.29, 0.717) is 18.9 Å². The van der Waals surface area contributed by atoms with Crippen molar-refractivity contribution in [3.8, 4) is 11.5 Å². The molecular weight excluding hydrogens is 230 g/mol. The molecule has 100 valence electrons. The molecule has 0 radical (unpaired) electrons. The summed E-state index contributed by atoms with van der Waals surface area (Å²) in [6.45, 7) is 4.01. The summed E-state index contributed by atoms with van der Waals surface area (Å²) in [7, 11) is 0. The lowest BCUT2D eigenvalue weighted by Crippen LogP contribution is -2.45. The first-order valence-corrected chi connectivity index (χ1v) is 6.58. The van der Waals surface area contributed by atoms with Crippen LogP contribution in [-0.4, -0.2) is 37.0 Å². The van der Waals surface area contributed by atoms with Crippen LogP contribution in [0, 0.1) is 0 Å². The van der Waals surface area contributed by atoms with Gasteiger partial charge in [-0.05, 0) is 25.1 Å². The van der Waals surface area contributed by atoms with E-state index in [1.807, 2.05) is 24.3 Å². The number of aliphatic hydroxyl groups excluding tert-OH is 1. The number of hydrogen-bond donors (Lipinski definition) is 2. The van der Waals surface area contributed by atoms with Crippen molar-refractivity contribution >= 4 is 0 Å². The van der Waals surface area contributed by atoms with E-state index in [4.69, 9.17) is 9.47 Å². The van der Waals surface area contributed by atoms with Gasteiger partial charge in [0.05, 0.1) is 0 Å². The second kappa shape index (κ2) is 6.61. The quantitative estimate of drug-likeness (QED) is 0.754. The number of hydrogen-bond acceptors (Lipinski definition) is 4. The number of fused-ring (bicyclic) bond motifs is 1. The fourth-order valence-corrected chi connectivity index (χ4v) is 1.91. The summed E-state index contributed by atoms with van der Waals surface area (Å²) >= 11 is 0. The van der Waals surface area contributed by atoms with Gasteiger partial charge in [-0.25, -0.2) is 0 Å². The van der Waals surface area contributed by atoms with Gasteiger partial charge in [-0.2, -0.15) is 0 Å². The van der Waals surface area contributed by atoms with Gasteiger partial charge in [0.2, 0.25) is 0 Å². The van der Waals surface area contributed by atoms with Crippen molar-refractivity contribution in [3.05, 3.63) is 24.3 Å². The van der Waals surface area contributed by atoms with Gasteiger partial charge in [-0.1, -0.05) is 25.5 Å². The van der Waals surface area contributed by atoms with E-state index in [-0.39, 0.29) is 6.10 Å². The molecule has 1 aliphatic heterocycles. The monoisotopic (exact) mass is 251 g/mol. The van der Waals surface area contributed by atoms with Crippen LogP contribution in [0.1, 0.15) is 19.8 Å². The minimum atomic E-state index is -0.546. The smallest absolute Gasteiger partial charge is 0.161 e. The Morgan fingerprint density at radius 2 is 2.17 bits per heavy atom. The maximum atomic E-state index is 10.0. The van der Waals surface area contributed by atoms with Gasteiger partial charge in [-0.15, -0.1) is 0 Å². The van der Waals surface area contributed by atoms with Crippen LogP contribution < -0.4 is 14.8 Å². The van der Waals surface area contributed by atoms with Gasteiger partial charge in [0.15, 0.2) is 17.6 Å². The van der Waals surface area contributed by atoms with Crippen molar-refractivity contribution in [1.82, 2.24) is 5.32 Å². The Kier molecular flexibility index (Phi) is 4.84. The van der Waals surface area contributed by atoms with Crippen LogP contribution in [0.5, 0.6) is 11.5 Å². The fourth-order valence-electron chi connectivity index (χ4n) is 1.91. The highest BCUT2D eigenvalue weighted by molar-refractivity contribution is 5.40. The van der Waals surface area contributed by atoms with Crippen LogP contribution in [0.25, 0.3) is 0 Å². The Morgan fingerprint density at radius 1 is 1.39 bits per heavy atom. The van der Waals surface area contributed by atoms with Gasteiger partial charge in [0.25, 0.3) is 0 Å². The molecule has 0 saturated heterocycles. The van der Waals surface area contributed by atoms with Crippen molar-refractivity contribution < 1.29 is 14.6 Å². The molecule has 0 aromatic heterocycles. The number of nitrogens with one attached hydrogen (secondary N) is 1. The molecule has 2 atom stereocenters. The Hall–Kier alpha value is -1.26. The number of aliphatic hydroxyl groups is 1. The van der Waals surface area contributed by atoms with Crippen LogP contribution in [0.4, 0.5) is 0 Å².